The zero-order valence-electron chi connectivity index (χ0n) is 13.1. The van der Waals surface area contributed by atoms with Gasteiger partial charge in [0.25, 0.3) is 0 Å². The number of hydrogen-bond acceptors (Lipinski definition) is 1. The summed E-state index contributed by atoms with van der Waals surface area (Å²) in [5.74, 6) is 0.481. The van der Waals surface area contributed by atoms with E-state index in [0.29, 0.717) is 12.0 Å². The molecule has 0 aliphatic carbocycles. The summed E-state index contributed by atoms with van der Waals surface area (Å²) >= 11 is 5.93. The molecule has 0 saturated carbocycles. The first-order valence-corrected chi connectivity index (χ1v) is 8.52. The summed E-state index contributed by atoms with van der Waals surface area (Å²) in [7, 11) is 0. The molecule has 1 fully saturated rings. The lowest BCUT2D eigenvalue weighted by Gasteiger charge is -2.63. The molecule has 2 aromatic rings. The molecule has 0 N–H and O–H groups in total. The molecule has 0 amide bonds. The van der Waals surface area contributed by atoms with Gasteiger partial charge in [-0.05, 0) is 29.0 Å². The molecule has 2 aliphatic rings. The quantitative estimate of drug-likeness (QED) is 0.750. The molecule has 0 radical (unpaired) electrons. The van der Waals surface area contributed by atoms with Crippen molar-refractivity contribution in [3.05, 3.63) is 71.3 Å². The first-order valence-electron chi connectivity index (χ1n) is 8.11. The average molecular weight is 307 g/mol. The number of nitrogens with zero attached hydrogens (tertiary/aromatic N) is 1. The van der Waals surface area contributed by atoms with Gasteiger partial charge in [-0.15, -0.1) is 0 Å². The molecule has 2 atom stereocenters. The third kappa shape index (κ3) is 1.62. The van der Waals surface area contributed by atoms with E-state index in [-0.39, 0.29) is 5.41 Å². The summed E-state index contributed by atoms with van der Waals surface area (Å²) in [5, 5.41) is 0. The number of benzene rings is 2. The van der Waals surface area contributed by atoms with Gasteiger partial charge >= 0.3 is 0 Å². The van der Waals surface area contributed by atoms with Crippen LogP contribution in [-0.2, 0) is 11.8 Å². The highest BCUT2D eigenvalue weighted by Gasteiger charge is 2.61. The van der Waals surface area contributed by atoms with Crippen LogP contribution in [0.4, 0.5) is 0 Å². The summed E-state index contributed by atoms with van der Waals surface area (Å²) < 4.78 is 0. The maximum atomic E-state index is 5.93. The minimum Gasteiger partial charge on any atom is -0.357 e. The van der Waals surface area contributed by atoms with E-state index in [0.717, 1.165) is 18.0 Å². The molecule has 1 saturated heterocycles. The van der Waals surface area contributed by atoms with Gasteiger partial charge in [0, 0.05) is 6.54 Å². The Morgan fingerprint density at radius 2 is 1.73 bits per heavy atom. The summed E-state index contributed by atoms with van der Waals surface area (Å²) in [5.41, 5.74) is 4.30. The minimum atomic E-state index is -0.0346. The maximum absolute atomic E-state index is 5.93. The van der Waals surface area contributed by atoms with Gasteiger partial charge in [-0.3, -0.25) is 0 Å². The molecular weight excluding hydrogens is 286 g/mol. The van der Waals surface area contributed by atoms with Crippen molar-refractivity contribution in [2.24, 2.45) is 5.92 Å². The molecule has 1 nitrogen and oxygen atoms in total. The molecule has 4 rings (SSSR count). The van der Waals surface area contributed by atoms with Crippen molar-refractivity contribution in [1.29, 1.82) is 0 Å². The summed E-state index contributed by atoms with van der Waals surface area (Å²) in [4.78, 5) is 3.58. The van der Waals surface area contributed by atoms with Crippen LogP contribution in [0.3, 0.4) is 0 Å². The van der Waals surface area contributed by atoms with Crippen LogP contribution in [0, 0.1) is 5.92 Å². The molecule has 0 aromatic heterocycles. The normalized spacial score (nSPS) is 26.4. The SMILES string of the molecule is CC(C)C1(c2ccccc2)C(=S)N2CCc3ccccc3C21. The fourth-order valence-corrected chi connectivity index (χ4v) is 5.12. The van der Waals surface area contributed by atoms with E-state index in [9.17, 15) is 0 Å². The second kappa shape index (κ2) is 4.92. The second-order valence-electron chi connectivity index (χ2n) is 6.74. The number of rotatable bonds is 2. The van der Waals surface area contributed by atoms with Gasteiger partial charge in [0.1, 0.15) is 0 Å². The molecule has 2 heteroatoms. The Morgan fingerprint density at radius 3 is 2.45 bits per heavy atom. The molecule has 0 bridgehead atoms. The smallest absolute Gasteiger partial charge is 0.0919 e. The highest BCUT2D eigenvalue weighted by atomic mass is 32.1. The van der Waals surface area contributed by atoms with Gasteiger partial charge in [0.15, 0.2) is 0 Å². The Bertz CT molecular complexity index is 721. The highest BCUT2D eigenvalue weighted by molar-refractivity contribution is 7.80. The number of fused-ring (bicyclic) bond motifs is 3. The van der Waals surface area contributed by atoms with E-state index in [1.165, 1.54) is 16.7 Å². The van der Waals surface area contributed by atoms with Gasteiger partial charge in [-0.25, -0.2) is 0 Å². The van der Waals surface area contributed by atoms with Crippen LogP contribution in [0.1, 0.15) is 36.6 Å². The van der Waals surface area contributed by atoms with Crippen molar-refractivity contribution in [1.82, 2.24) is 4.90 Å². The lowest BCUT2D eigenvalue weighted by Crippen LogP contribution is -2.69. The van der Waals surface area contributed by atoms with Crippen molar-refractivity contribution in [2.45, 2.75) is 31.7 Å². The van der Waals surface area contributed by atoms with Crippen molar-refractivity contribution >= 4 is 17.2 Å². The van der Waals surface area contributed by atoms with E-state index in [1.807, 2.05) is 0 Å². The van der Waals surface area contributed by atoms with Crippen LogP contribution in [0.15, 0.2) is 54.6 Å². The van der Waals surface area contributed by atoms with Crippen molar-refractivity contribution in [3.8, 4) is 0 Å². The Morgan fingerprint density at radius 1 is 1.05 bits per heavy atom. The van der Waals surface area contributed by atoms with Gasteiger partial charge in [-0.2, -0.15) is 0 Å². The monoisotopic (exact) mass is 307 g/mol. The van der Waals surface area contributed by atoms with Crippen molar-refractivity contribution in [2.75, 3.05) is 6.54 Å². The van der Waals surface area contributed by atoms with E-state index < -0.39 is 0 Å². The first-order chi connectivity index (χ1) is 10.7. The third-order valence-corrected chi connectivity index (χ3v) is 6.06. The topological polar surface area (TPSA) is 3.24 Å². The largest absolute Gasteiger partial charge is 0.357 e. The predicted molar refractivity (Wildman–Crippen MR) is 95.1 cm³/mol. The summed E-state index contributed by atoms with van der Waals surface area (Å²) in [6, 6.07) is 20.2. The number of hydrogen-bond donors (Lipinski definition) is 0. The summed E-state index contributed by atoms with van der Waals surface area (Å²) in [6.07, 6.45) is 1.11. The standard InChI is InChI=1S/C20H21NS/c1-14(2)20(16-9-4-3-5-10-16)18-17-11-7-6-8-15(17)12-13-21(18)19(20)22/h3-11,14,18H,12-13H2,1-2H3. The average Bonchev–Trinajstić information content (AvgIpc) is 2.55. The molecule has 22 heavy (non-hydrogen) atoms. The summed E-state index contributed by atoms with van der Waals surface area (Å²) in [6.45, 7) is 5.68. The van der Waals surface area contributed by atoms with Gasteiger partial charge in [0.05, 0.1) is 16.4 Å². The first kappa shape index (κ1) is 14.0. The lowest BCUT2D eigenvalue weighted by atomic mass is 9.57. The minimum absolute atomic E-state index is 0.0346. The maximum Gasteiger partial charge on any atom is 0.0919 e. The van der Waals surface area contributed by atoms with E-state index >= 15 is 0 Å². The zero-order valence-corrected chi connectivity index (χ0v) is 13.9. The van der Waals surface area contributed by atoms with E-state index in [4.69, 9.17) is 12.2 Å². The Kier molecular flexibility index (Phi) is 3.12. The fraction of sp³-hybridized carbons (Fsp3) is 0.350. The fourth-order valence-electron chi connectivity index (χ4n) is 4.46. The van der Waals surface area contributed by atoms with Crippen LogP contribution < -0.4 is 0 Å². The van der Waals surface area contributed by atoms with E-state index in [2.05, 4.69) is 73.3 Å². The molecule has 112 valence electrons. The van der Waals surface area contributed by atoms with Crippen LogP contribution in [0.5, 0.6) is 0 Å². The number of thiocarbonyl (C=S) groups is 1. The Labute approximate surface area is 138 Å². The highest BCUT2D eigenvalue weighted by Crippen LogP contribution is 2.58. The molecule has 2 heterocycles. The van der Waals surface area contributed by atoms with Crippen LogP contribution >= 0.6 is 12.2 Å². The predicted octanol–water partition coefficient (Wildman–Crippen LogP) is 4.52. The second-order valence-corrected chi connectivity index (χ2v) is 7.13. The molecule has 2 unspecified atom stereocenters. The Hall–Kier alpha value is -1.67. The molecule has 2 aliphatic heterocycles. The molecule has 2 aromatic carbocycles. The molecule has 0 spiro atoms. The van der Waals surface area contributed by atoms with Gasteiger partial charge in [0.2, 0.25) is 0 Å². The Balaban J connectivity index is 1.92. The van der Waals surface area contributed by atoms with Crippen molar-refractivity contribution < 1.29 is 0 Å². The van der Waals surface area contributed by atoms with Crippen molar-refractivity contribution in [3.63, 3.8) is 0 Å². The van der Waals surface area contributed by atoms with Gasteiger partial charge < -0.3 is 4.90 Å². The van der Waals surface area contributed by atoms with Gasteiger partial charge in [-0.1, -0.05) is 80.7 Å². The third-order valence-electron chi connectivity index (χ3n) is 5.49. The van der Waals surface area contributed by atoms with Crippen LogP contribution in [-0.4, -0.2) is 16.4 Å². The van der Waals surface area contributed by atoms with Crippen LogP contribution in [0.2, 0.25) is 0 Å². The lowest BCUT2D eigenvalue weighted by molar-refractivity contribution is 0.102. The van der Waals surface area contributed by atoms with E-state index in [1.54, 1.807) is 0 Å². The van der Waals surface area contributed by atoms with Crippen LogP contribution in [0.25, 0.3) is 0 Å². The molecular formula is C20H21NS. The zero-order chi connectivity index (χ0) is 15.3.